The maximum Gasteiger partial charge on any atom is 0 e. The molecule has 5 aromatic rings. The second kappa shape index (κ2) is 6.71. The van der Waals surface area contributed by atoms with Gasteiger partial charge in [-0.15, -0.1) is 39.7 Å². The van der Waals surface area contributed by atoms with Gasteiger partial charge in [-0.05, 0) is 10.8 Å². The Hall–Kier alpha value is -2.02. The van der Waals surface area contributed by atoms with Gasteiger partial charge in [0, 0.05) is 32.7 Å². The maximum absolute atomic E-state index is 3.45. The van der Waals surface area contributed by atoms with Crippen molar-refractivity contribution in [2.45, 2.75) is 0 Å². The Morgan fingerprint density at radius 1 is 0.560 bits per heavy atom. The van der Waals surface area contributed by atoms with Crippen molar-refractivity contribution < 1.29 is 32.7 Å². The second-order valence-electron chi connectivity index (χ2n) is 6.11. The summed E-state index contributed by atoms with van der Waals surface area (Å²) in [6.07, 6.45) is 0. The van der Waals surface area contributed by atoms with E-state index in [1.807, 2.05) is 6.07 Å². The van der Waals surface area contributed by atoms with Gasteiger partial charge in [0.25, 0.3) is 0 Å². The Morgan fingerprint density at radius 3 is 2.04 bits per heavy atom. The van der Waals surface area contributed by atoms with Crippen molar-refractivity contribution in [2.75, 3.05) is 0 Å². The van der Waals surface area contributed by atoms with Crippen LogP contribution < -0.4 is 0 Å². The molecule has 0 nitrogen and oxygen atoms in total. The van der Waals surface area contributed by atoms with Gasteiger partial charge in [0.2, 0.25) is 0 Å². The molecule has 0 N–H and O–H groups in total. The van der Waals surface area contributed by atoms with E-state index in [0.717, 1.165) is 11.1 Å². The van der Waals surface area contributed by atoms with Crippen molar-refractivity contribution in [2.24, 2.45) is 0 Å². The van der Waals surface area contributed by atoms with Crippen molar-refractivity contribution >= 4 is 32.3 Å². The summed E-state index contributed by atoms with van der Waals surface area (Å²) < 4.78 is 0. The van der Waals surface area contributed by atoms with Crippen LogP contribution in [0.4, 0.5) is 0 Å². The van der Waals surface area contributed by atoms with Crippen LogP contribution in [0.5, 0.6) is 0 Å². The molecular formula is C24H14Y-2. The van der Waals surface area contributed by atoms with E-state index in [9.17, 15) is 0 Å². The normalized spacial score (nSPS) is 10.9. The molecular weight excluding hydrogens is 377 g/mol. The third-order valence-corrected chi connectivity index (χ3v) is 4.62. The Kier molecular flexibility index (Phi) is 4.42. The van der Waals surface area contributed by atoms with Crippen LogP contribution in [-0.4, -0.2) is 0 Å². The first-order valence-electron chi connectivity index (χ1n) is 8.12. The summed E-state index contributed by atoms with van der Waals surface area (Å²) in [5, 5.41) is 7.45. The van der Waals surface area contributed by atoms with E-state index in [0.29, 0.717) is 0 Å². The van der Waals surface area contributed by atoms with E-state index >= 15 is 0 Å². The molecule has 0 unspecified atom stereocenters. The van der Waals surface area contributed by atoms with Crippen molar-refractivity contribution in [3.63, 3.8) is 0 Å². The molecule has 0 amide bonds. The molecule has 0 aromatic heterocycles. The number of hydrogen-bond acceptors (Lipinski definition) is 0. The van der Waals surface area contributed by atoms with Crippen LogP contribution in [0.1, 0.15) is 0 Å². The Bertz CT molecular complexity index is 1200. The molecule has 115 valence electrons. The van der Waals surface area contributed by atoms with Gasteiger partial charge < -0.3 is 0 Å². The molecule has 1 radical (unpaired) electrons. The van der Waals surface area contributed by atoms with E-state index in [-0.39, 0.29) is 32.7 Å². The molecule has 1 heteroatoms. The Balaban J connectivity index is 0.00000157. The third-order valence-electron chi connectivity index (χ3n) is 4.62. The summed E-state index contributed by atoms with van der Waals surface area (Å²) in [5.74, 6) is 0. The van der Waals surface area contributed by atoms with Crippen LogP contribution in [0.3, 0.4) is 0 Å². The van der Waals surface area contributed by atoms with Gasteiger partial charge in [-0.1, -0.05) is 54.6 Å². The first-order chi connectivity index (χ1) is 11.9. The summed E-state index contributed by atoms with van der Waals surface area (Å²) in [4.78, 5) is 0. The quantitative estimate of drug-likeness (QED) is 0.229. The van der Waals surface area contributed by atoms with Crippen molar-refractivity contribution in [1.29, 1.82) is 0 Å². The Morgan fingerprint density at radius 2 is 1.24 bits per heavy atom. The molecule has 0 spiro atoms. The summed E-state index contributed by atoms with van der Waals surface area (Å²) in [7, 11) is 0. The van der Waals surface area contributed by atoms with Gasteiger partial charge in [0.15, 0.2) is 0 Å². The van der Waals surface area contributed by atoms with Crippen LogP contribution >= 0.6 is 0 Å². The fraction of sp³-hybridized carbons (Fsp3) is 0. The molecule has 0 bridgehead atoms. The van der Waals surface area contributed by atoms with Gasteiger partial charge >= 0.3 is 0 Å². The molecule has 0 heterocycles. The minimum atomic E-state index is 0. The van der Waals surface area contributed by atoms with E-state index in [1.165, 1.54) is 32.3 Å². The number of hydrogen-bond donors (Lipinski definition) is 0. The molecule has 0 saturated heterocycles. The first-order valence-corrected chi connectivity index (χ1v) is 8.12. The van der Waals surface area contributed by atoms with Gasteiger partial charge in [0.05, 0.1) is 0 Å². The summed E-state index contributed by atoms with van der Waals surface area (Å²) in [5.41, 5.74) is 2.21. The molecule has 5 rings (SSSR count). The first kappa shape index (κ1) is 16.5. The molecule has 25 heavy (non-hydrogen) atoms. The van der Waals surface area contributed by atoms with E-state index in [1.54, 1.807) is 0 Å². The molecule has 0 aliphatic rings. The van der Waals surface area contributed by atoms with Crippen LogP contribution in [0, 0.1) is 12.1 Å². The third kappa shape index (κ3) is 2.90. The van der Waals surface area contributed by atoms with Crippen LogP contribution in [0.2, 0.25) is 0 Å². The van der Waals surface area contributed by atoms with E-state index in [4.69, 9.17) is 0 Å². The van der Waals surface area contributed by atoms with Crippen LogP contribution in [-0.2, 0) is 32.7 Å². The number of benzene rings is 5. The molecule has 5 aromatic carbocycles. The van der Waals surface area contributed by atoms with Crippen molar-refractivity contribution in [3.05, 3.63) is 97.1 Å². The minimum absolute atomic E-state index is 0. The fourth-order valence-corrected chi connectivity index (χ4v) is 3.41. The van der Waals surface area contributed by atoms with Gasteiger partial charge in [0.1, 0.15) is 0 Å². The monoisotopic (exact) mass is 391 g/mol. The predicted molar refractivity (Wildman–Crippen MR) is 102 cm³/mol. The smallest absolute Gasteiger partial charge is 0 e. The molecule has 0 aliphatic heterocycles. The summed E-state index contributed by atoms with van der Waals surface area (Å²) in [6, 6.07) is 36.7. The zero-order valence-electron chi connectivity index (χ0n) is 13.7. The zero-order chi connectivity index (χ0) is 15.9. The average Bonchev–Trinajstić information content (AvgIpc) is 2.65. The summed E-state index contributed by atoms with van der Waals surface area (Å²) in [6.45, 7) is 0. The van der Waals surface area contributed by atoms with Crippen molar-refractivity contribution in [1.82, 2.24) is 0 Å². The topological polar surface area (TPSA) is 0 Å². The molecule has 0 saturated carbocycles. The predicted octanol–water partition coefficient (Wildman–Crippen LogP) is 6.41. The van der Waals surface area contributed by atoms with E-state index in [2.05, 4.69) is 91.0 Å². The van der Waals surface area contributed by atoms with Crippen molar-refractivity contribution in [3.8, 4) is 11.1 Å². The Labute approximate surface area is 172 Å². The minimum Gasteiger partial charge on any atom is -0.225 e. The SMILES string of the molecule is [Y].[c-]1cc2cc3ccccc3cc2cc1-c1[c-]ccc2ccccc12. The molecule has 0 atom stereocenters. The largest absolute Gasteiger partial charge is 0.225 e. The van der Waals surface area contributed by atoms with E-state index < -0.39 is 0 Å². The van der Waals surface area contributed by atoms with Gasteiger partial charge in [-0.25, -0.2) is 11.1 Å². The van der Waals surface area contributed by atoms with Crippen LogP contribution in [0.15, 0.2) is 84.9 Å². The second-order valence-corrected chi connectivity index (χ2v) is 6.11. The number of rotatable bonds is 1. The molecule has 0 fully saturated rings. The van der Waals surface area contributed by atoms with Gasteiger partial charge in [-0.2, -0.15) is 24.3 Å². The summed E-state index contributed by atoms with van der Waals surface area (Å²) >= 11 is 0. The fourth-order valence-electron chi connectivity index (χ4n) is 3.41. The maximum atomic E-state index is 3.45. The average molecular weight is 391 g/mol. The number of fused-ring (bicyclic) bond motifs is 3. The standard InChI is InChI=1S/C24H14.Y/c1-2-8-19-15-22-16-21(13-12-20(22)14-18(19)7-1)24-11-5-9-17-6-3-4-10-23(17)24;/h1-10,12,14-16H;/q-2;. The molecule has 0 aliphatic carbocycles. The zero-order valence-corrected chi connectivity index (χ0v) is 16.5. The van der Waals surface area contributed by atoms with Gasteiger partial charge in [-0.3, -0.25) is 0 Å². The van der Waals surface area contributed by atoms with Crippen LogP contribution in [0.25, 0.3) is 43.4 Å².